The van der Waals surface area contributed by atoms with Gasteiger partial charge in [-0.3, -0.25) is 0 Å². The number of hydrogen-bond donors (Lipinski definition) is 0. The molecule has 0 aliphatic rings. The van der Waals surface area contributed by atoms with Gasteiger partial charge in [0, 0.05) is 11.7 Å². The standard InChI is InChI=1S/C12H18N2/c1-4-6-11-7-8-12(9-13)14(11)10(3)5-2/h7-8,10H,4-6H2,1-3H3/t10-/m1/s1. The number of rotatable bonds is 4. The molecule has 1 aromatic heterocycles. The Balaban J connectivity index is 3.07. The zero-order valence-corrected chi connectivity index (χ0v) is 9.25. The molecule has 76 valence electrons. The average Bonchev–Trinajstić information content (AvgIpc) is 2.60. The van der Waals surface area contributed by atoms with Crippen LogP contribution in [-0.2, 0) is 6.42 Å². The van der Waals surface area contributed by atoms with E-state index in [2.05, 4.69) is 37.5 Å². The first kappa shape index (κ1) is 10.8. The summed E-state index contributed by atoms with van der Waals surface area (Å²) >= 11 is 0. The van der Waals surface area contributed by atoms with Gasteiger partial charge in [0.2, 0.25) is 0 Å². The van der Waals surface area contributed by atoms with Crippen molar-refractivity contribution in [2.75, 3.05) is 0 Å². The lowest BCUT2D eigenvalue weighted by atomic mass is 10.2. The molecule has 0 aliphatic carbocycles. The molecule has 0 fully saturated rings. The molecule has 14 heavy (non-hydrogen) atoms. The molecule has 1 heterocycles. The van der Waals surface area contributed by atoms with Crippen LogP contribution < -0.4 is 0 Å². The zero-order valence-electron chi connectivity index (χ0n) is 9.25. The van der Waals surface area contributed by atoms with Crippen LogP contribution >= 0.6 is 0 Å². The van der Waals surface area contributed by atoms with Crippen LogP contribution in [0.15, 0.2) is 12.1 Å². The monoisotopic (exact) mass is 190 g/mol. The number of aromatic nitrogens is 1. The first-order valence-corrected chi connectivity index (χ1v) is 5.34. The van der Waals surface area contributed by atoms with Crippen LogP contribution in [0.4, 0.5) is 0 Å². The van der Waals surface area contributed by atoms with Gasteiger partial charge in [-0.15, -0.1) is 0 Å². The Morgan fingerprint density at radius 2 is 2.14 bits per heavy atom. The van der Waals surface area contributed by atoms with E-state index in [0.717, 1.165) is 25.0 Å². The highest BCUT2D eigenvalue weighted by molar-refractivity contribution is 5.28. The molecule has 1 rings (SSSR count). The summed E-state index contributed by atoms with van der Waals surface area (Å²) in [5.74, 6) is 0. The maximum atomic E-state index is 8.97. The molecule has 0 aliphatic heterocycles. The van der Waals surface area contributed by atoms with E-state index in [4.69, 9.17) is 5.26 Å². The van der Waals surface area contributed by atoms with E-state index >= 15 is 0 Å². The molecule has 2 heteroatoms. The van der Waals surface area contributed by atoms with Gasteiger partial charge >= 0.3 is 0 Å². The summed E-state index contributed by atoms with van der Waals surface area (Å²) in [6, 6.07) is 6.69. The fourth-order valence-electron chi connectivity index (χ4n) is 1.74. The fraction of sp³-hybridized carbons (Fsp3) is 0.583. The van der Waals surface area contributed by atoms with Crippen LogP contribution in [0.25, 0.3) is 0 Å². The number of aryl methyl sites for hydroxylation is 1. The average molecular weight is 190 g/mol. The number of nitrogens with zero attached hydrogens (tertiary/aromatic N) is 2. The second kappa shape index (κ2) is 4.85. The summed E-state index contributed by atoms with van der Waals surface area (Å²) in [6.45, 7) is 6.49. The molecule has 0 spiro atoms. The lowest BCUT2D eigenvalue weighted by molar-refractivity contribution is 0.508. The number of hydrogen-bond acceptors (Lipinski definition) is 1. The normalized spacial score (nSPS) is 12.4. The second-order valence-corrected chi connectivity index (χ2v) is 3.70. The third-order valence-electron chi connectivity index (χ3n) is 2.65. The largest absolute Gasteiger partial charge is 0.334 e. The van der Waals surface area contributed by atoms with Crippen molar-refractivity contribution in [3.8, 4) is 6.07 Å². The molecule has 0 N–H and O–H groups in total. The van der Waals surface area contributed by atoms with Gasteiger partial charge in [-0.25, -0.2) is 0 Å². The fourth-order valence-corrected chi connectivity index (χ4v) is 1.74. The molecule has 1 aromatic rings. The Hall–Kier alpha value is -1.23. The van der Waals surface area contributed by atoms with Gasteiger partial charge in [0.1, 0.15) is 11.8 Å². The minimum absolute atomic E-state index is 0.432. The summed E-state index contributed by atoms with van der Waals surface area (Å²) in [6.07, 6.45) is 3.26. The minimum atomic E-state index is 0.432. The topological polar surface area (TPSA) is 28.7 Å². The second-order valence-electron chi connectivity index (χ2n) is 3.70. The van der Waals surface area contributed by atoms with Crippen LogP contribution in [0, 0.1) is 11.3 Å². The van der Waals surface area contributed by atoms with E-state index in [0.29, 0.717) is 6.04 Å². The first-order chi connectivity index (χ1) is 6.74. The van der Waals surface area contributed by atoms with Gasteiger partial charge in [-0.05, 0) is 31.9 Å². The van der Waals surface area contributed by atoms with Crippen LogP contribution in [-0.4, -0.2) is 4.57 Å². The lowest BCUT2D eigenvalue weighted by Crippen LogP contribution is -2.09. The molecule has 0 bridgehead atoms. The summed E-state index contributed by atoms with van der Waals surface area (Å²) in [5.41, 5.74) is 2.08. The third kappa shape index (κ3) is 1.98. The third-order valence-corrected chi connectivity index (χ3v) is 2.65. The molecule has 0 saturated carbocycles. The van der Waals surface area contributed by atoms with Gasteiger partial charge in [-0.2, -0.15) is 5.26 Å². The molecule has 0 unspecified atom stereocenters. The zero-order chi connectivity index (χ0) is 10.6. The van der Waals surface area contributed by atoms with E-state index in [-0.39, 0.29) is 0 Å². The van der Waals surface area contributed by atoms with Gasteiger partial charge in [0.15, 0.2) is 0 Å². The van der Waals surface area contributed by atoms with Crippen LogP contribution in [0.2, 0.25) is 0 Å². The summed E-state index contributed by atoms with van der Waals surface area (Å²) in [5, 5.41) is 8.97. The smallest absolute Gasteiger partial charge is 0.120 e. The van der Waals surface area contributed by atoms with E-state index in [1.54, 1.807) is 0 Å². The maximum Gasteiger partial charge on any atom is 0.120 e. The van der Waals surface area contributed by atoms with Gasteiger partial charge < -0.3 is 4.57 Å². The van der Waals surface area contributed by atoms with Crippen molar-refractivity contribution >= 4 is 0 Å². The van der Waals surface area contributed by atoms with Crippen LogP contribution in [0.3, 0.4) is 0 Å². The van der Waals surface area contributed by atoms with Crippen molar-refractivity contribution in [2.45, 2.75) is 46.1 Å². The highest BCUT2D eigenvalue weighted by Gasteiger charge is 2.11. The summed E-state index contributed by atoms with van der Waals surface area (Å²) in [7, 11) is 0. The van der Waals surface area contributed by atoms with E-state index < -0.39 is 0 Å². The molecule has 0 saturated heterocycles. The van der Waals surface area contributed by atoms with Crippen molar-refractivity contribution in [3.63, 3.8) is 0 Å². The highest BCUT2D eigenvalue weighted by Crippen LogP contribution is 2.19. The van der Waals surface area contributed by atoms with Crippen molar-refractivity contribution < 1.29 is 0 Å². The summed E-state index contributed by atoms with van der Waals surface area (Å²) < 4.78 is 2.17. The van der Waals surface area contributed by atoms with E-state index in [1.165, 1.54) is 5.69 Å². The first-order valence-electron chi connectivity index (χ1n) is 5.34. The Labute approximate surface area is 86.2 Å². The highest BCUT2D eigenvalue weighted by atomic mass is 15.0. The quantitative estimate of drug-likeness (QED) is 0.716. The molecule has 2 nitrogen and oxygen atoms in total. The van der Waals surface area contributed by atoms with E-state index in [9.17, 15) is 0 Å². The Kier molecular flexibility index (Phi) is 3.76. The molecule has 0 aromatic carbocycles. The predicted molar refractivity (Wildman–Crippen MR) is 58.1 cm³/mol. The Morgan fingerprint density at radius 1 is 1.43 bits per heavy atom. The van der Waals surface area contributed by atoms with Crippen molar-refractivity contribution in [2.24, 2.45) is 0 Å². The maximum absolute atomic E-state index is 8.97. The molecular weight excluding hydrogens is 172 g/mol. The van der Waals surface area contributed by atoms with Gasteiger partial charge in [-0.1, -0.05) is 20.3 Å². The summed E-state index contributed by atoms with van der Waals surface area (Å²) in [4.78, 5) is 0. The van der Waals surface area contributed by atoms with Crippen molar-refractivity contribution in [3.05, 3.63) is 23.5 Å². The van der Waals surface area contributed by atoms with Crippen molar-refractivity contribution in [1.29, 1.82) is 5.26 Å². The predicted octanol–water partition coefficient (Wildman–Crippen LogP) is 3.28. The number of nitriles is 1. The Bertz CT molecular complexity index is 331. The molecule has 0 amide bonds. The lowest BCUT2D eigenvalue weighted by Gasteiger charge is -2.16. The Morgan fingerprint density at radius 3 is 2.64 bits per heavy atom. The van der Waals surface area contributed by atoms with Crippen molar-refractivity contribution in [1.82, 2.24) is 4.57 Å². The SMILES string of the molecule is CCCc1ccc(C#N)n1[C@H](C)CC. The van der Waals surface area contributed by atoms with Gasteiger partial charge in [0.05, 0.1) is 0 Å². The van der Waals surface area contributed by atoms with Crippen LogP contribution in [0.5, 0.6) is 0 Å². The van der Waals surface area contributed by atoms with Gasteiger partial charge in [0.25, 0.3) is 0 Å². The van der Waals surface area contributed by atoms with E-state index in [1.807, 2.05) is 6.07 Å². The molecule has 0 radical (unpaired) electrons. The minimum Gasteiger partial charge on any atom is -0.334 e. The molecular formula is C12H18N2. The molecule has 1 atom stereocenters. The van der Waals surface area contributed by atoms with Crippen LogP contribution in [0.1, 0.15) is 51.0 Å².